The SMILES string of the molecule is Cc1ccc(Cl)cc1C(O)c1cc(F)c(F)cc1F. The Morgan fingerprint density at radius 2 is 1.58 bits per heavy atom. The molecule has 1 N–H and O–H groups in total. The van der Waals surface area contributed by atoms with Gasteiger partial charge in [-0.25, -0.2) is 13.2 Å². The third-order valence-electron chi connectivity index (χ3n) is 2.87. The van der Waals surface area contributed by atoms with Crippen LogP contribution in [0.25, 0.3) is 0 Å². The van der Waals surface area contributed by atoms with Gasteiger partial charge in [0, 0.05) is 16.7 Å². The standard InChI is InChI=1S/C14H10ClF3O/c1-7-2-3-8(15)4-9(7)14(19)10-5-12(17)13(18)6-11(10)16/h2-6,14,19H,1H3. The lowest BCUT2D eigenvalue weighted by atomic mass is 9.97. The Hall–Kier alpha value is -1.52. The molecule has 5 heteroatoms. The Kier molecular flexibility index (Phi) is 3.83. The van der Waals surface area contributed by atoms with E-state index in [9.17, 15) is 18.3 Å². The fraction of sp³-hybridized carbons (Fsp3) is 0.143. The van der Waals surface area contributed by atoms with E-state index in [1.54, 1.807) is 19.1 Å². The number of hydrogen-bond acceptors (Lipinski definition) is 1. The largest absolute Gasteiger partial charge is 0.384 e. The molecule has 19 heavy (non-hydrogen) atoms. The van der Waals surface area contributed by atoms with Gasteiger partial charge in [-0.1, -0.05) is 17.7 Å². The Labute approximate surface area is 113 Å². The zero-order valence-electron chi connectivity index (χ0n) is 9.92. The van der Waals surface area contributed by atoms with Crippen LogP contribution in [0.3, 0.4) is 0 Å². The van der Waals surface area contributed by atoms with Crippen molar-refractivity contribution in [3.05, 3.63) is 69.5 Å². The number of aliphatic hydroxyl groups is 1. The lowest BCUT2D eigenvalue weighted by Gasteiger charge is -2.15. The molecule has 1 unspecified atom stereocenters. The maximum absolute atomic E-state index is 13.6. The highest BCUT2D eigenvalue weighted by Gasteiger charge is 2.20. The fourth-order valence-electron chi connectivity index (χ4n) is 1.82. The molecule has 0 aliphatic heterocycles. The first kappa shape index (κ1) is 13.9. The third kappa shape index (κ3) is 2.74. The summed E-state index contributed by atoms with van der Waals surface area (Å²) >= 11 is 5.81. The Morgan fingerprint density at radius 1 is 0.947 bits per heavy atom. The molecule has 0 fully saturated rings. The lowest BCUT2D eigenvalue weighted by Crippen LogP contribution is -2.06. The van der Waals surface area contributed by atoms with Crippen LogP contribution in [0.5, 0.6) is 0 Å². The van der Waals surface area contributed by atoms with Crippen LogP contribution in [0.2, 0.25) is 5.02 Å². The second kappa shape index (κ2) is 5.23. The summed E-state index contributed by atoms with van der Waals surface area (Å²) in [6, 6.07) is 5.79. The summed E-state index contributed by atoms with van der Waals surface area (Å²) in [5, 5.41) is 10.5. The van der Waals surface area contributed by atoms with E-state index in [1.165, 1.54) is 6.07 Å². The minimum absolute atomic E-state index is 0.329. The predicted molar refractivity (Wildman–Crippen MR) is 66.6 cm³/mol. The van der Waals surface area contributed by atoms with E-state index in [4.69, 9.17) is 11.6 Å². The quantitative estimate of drug-likeness (QED) is 0.822. The van der Waals surface area contributed by atoms with Gasteiger partial charge in [0.2, 0.25) is 0 Å². The third-order valence-corrected chi connectivity index (χ3v) is 3.11. The molecule has 0 aliphatic rings. The molecule has 0 saturated carbocycles. The minimum atomic E-state index is -1.41. The number of aliphatic hydroxyl groups excluding tert-OH is 1. The van der Waals surface area contributed by atoms with Crippen molar-refractivity contribution in [1.82, 2.24) is 0 Å². The fourth-order valence-corrected chi connectivity index (χ4v) is 2.00. The molecule has 2 aromatic rings. The van der Waals surface area contributed by atoms with Gasteiger partial charge in [-0.3, -0.25) is 0 Å². The maximum atomic E-state index is 13.6. The number of halogens is 4. The van der Waals surface area contributed by atoms with Crippen LogP contribution in [0.4, 0.5) is 13.2 Å². The molecular formula is C14H10ClF3O. The maximum Gasteiger partial charge on any atom is 0.161 e. The molecule has 2 rings (SSSR count). The second-order valence-corrected chi connectivity index (χ2v) is 4.63. The van der Waals surface area contributed by atoms with E-state index >= 15 is 0 Å². The first-order valence-corrected chi connectivity index (χ1v) is 5.86. The minimum Gasteiger partial charge on any atom is -0.384 e. The first-order chi connectivity index (χ1) is 8.90. The van der Waals surface area contributed by atoms with Gasteiger partial charge in [-0.15, -0.1) is 0 Å². The Morgan fingerprint density at radius 3 is 2.26 bits per heavy atom. The van der Waals surface area contributed by atoms with Crippen LogP contribution >= 0.6 is 11.6 Å². The van der Waals surface area contributed by atoms with Crippen molar-refractivity contribution in [3.8, 4) is 0 Å². The summed E-state index contributed by atoms with van der Waals surface area (Å²) in [4.78, 5) is 0. The van der Waals surface area contributed by atoms with Crippen molar-refractivity contribution in [2.24, 2.45) is 0 Å². The monoisotopic (exact) mass is 286 g/mol. The second-order valence-electron chi connectivity index (χ2n) is 4.19. The van der Waals surface area contributed by atoms with Crippen molar-refractivity contribution in [2.45, 2.75) is 13.0 Å². The van der Waals surface area contributed by atoms with E-state index in [0.717, 1.165) is 0 Å². The molecule has 2 aromatic carbocycles. The number of benzene rings is 2. The molecule has 0 radical (unpaired) electrons. The molecule has 0 spiro atoms. The van der Waals surface area contributed by atoms with Gasteiger partial charge >= 0.3 is 0 Å². The summed E-state index contributed by atoms with van der Waals surface area (Å²) in [6.07, 6.45) is -1.41. The van der Waals surface area contributed by atoms with E-state index in [-0.39, 0.29) is 5.56 Å². The van der Waals surface area contributed by atoms with Crippen molar-refractivity contribution < 1.29 is 18.3 Å². The van der Waals surface area contributed by atoms with Crippen LogP contribution < -0.4 is 0 Å². The average molecular weight is 287 g/mol. The molecular weight excluding hydrogens is 277 g/mol. The highest BCUT2D eigenvalue weighted by Crippen LogP contribution is 2.29. The summed E-state index contributed by atoms with van der Waals surface area (Å²) in [7, 11) is 0. The van der Waals surface area contributed by atoms with Crippen molar-refractivity contribution in [3.63, 3.8) is 0 Å². The zero-order valence-corrected chi connectivity index (χ0v) is 10.7. The van der Waals surface area contributed by atoms with Gasteiger partial charge in [0.25, 0.3) is 0 Å². The first-order valence-electron chi connectivity index (χ1n) is 5.48. The van der Waals surface area contributed by atoms with E-state index in [0.29, 0.717) is 28.3 Å². The molecule has 1 atom stereocenters. The molecule has 0 saturated heterocycles. The van der Waals surface area contributed by atoms with E-state index in [1.807, 2.05) is 0 Å². The number of rotatable bonds is 2. The highest BCUT2D eigenvalue weighted by molar-refractivity contribution is 6.30. The van der Waals surface area contributed by atoms with Gasteiger partial charge < -0.3 is 5.11 Å². The predicted octanol–water partition coefficient (Wildman–Crippen LogP) is 4.15. The van der Waals surface area contributed by atoms with Gasteiger partial charge in [0.1, 0.15) is 11.9 Å². The zero-order chi connectivity index (χ0) is 14.2. The molecule has 1 nitrogen and oxygen atoms in total. The van der Waals surface area contributed by atoms with Crippen molar-refractivity contribution in [2.75, 3.05) is 0 Å². The van der Waals surface area contributed by atoms with E-state index in [2.05, 4.69) is 0 Å². The van der Waals surface area contributed by atoms with Crippen molar-refractivity contribution >= 4 is 11.6 Å². The van der Waals surface area contributed by atoms with Crippen molar-refractivity contribution in [1.29, 1.82) is 0 Å². The van der Waals surface area contributed by atoms with Gasteiger partial charge in [-0.2, -0.15) is 0 Å². The summed E-state index contributed by atoms with van der Waals surface area (Å²) in [5.74, 6) is -3.52. The summed E-state index contributed by atoms with van der Waals surface area (Å²) in [5.41, 5.74) is 0.683. The smallest absolute Gasteiger partial charge is 0.161 e. The Bertz CT molecular complexity index is 628. The highest BCUT2D eigenvalue weighted by atomic mass is 35.5. The molecule has 0 bridgehead atoms. The van der Waals surface area contributed by atoms with E-state index < -0.39 is 23.6 Å². The number of hydrogen-bond donors (Lipinski definition) is 1. The molecule has 100 valence electrons. The Balaban J connectivity index is 2.52. The average Bonchev–Trinajstić information content (AvgIpc) is 2.36. The lowest BCUT2D eigenvalue weighted by molar-refractivity contribution is 0.213. The van der Waals surface area contributed by atoms with Crippen LogP contribution in [0.15, 0.2) is 30.3 Å². The van der Waals surface area contributed by atoms with Gasteiger partial charge in [0.15, 0.2) is 11.6 Å². The van der Waals surface area contributed by atoms with Crippen LogP contribution in [0.1, 0.15) is 22.8 Å². The summed E-state index contributed by atoms with van der Waals surface area (Å²) < 4.78 is 39.6. The molecule has 0 aliphatic carbocycles. The normalized spacial score (nSPS) is 12.5. The van der Waals surface area contributed by atoms with Crippen LogP contribution in [-0.4, -0.2) is 5.11 Å². The number of aryl methyl sites for hydroxylation is 1. The molecule has 0 amide bonds. The topological polar surface area (TPSA) is 20.2 Å². The van der Waals surface area contributed by atoms with Gasteiger partial charge in [-0.05, 0) is 36.2 Å². The van der Waals surface area contributed by atoms with Crippen LogP contribution in [-0.2, 0) is 0 Å². The summed E-state index contributed by atoms with van der Waals surface area (Å²) in [6.45, 7) is 1.70. The molecule has 0 heterocycles. The van der Waals surface area contributed by atoms with Crippen LogP contribution in [0, 0.1) is 24.4 Å². The van der Waals surface area contributed by atoms with Gasteiger partial charge in [0.05, 0.1) is 0 Å². The molecule has 0 aromatic heterocycles.